The molecule has 0 aliphatic carbocycles. The van der Waals surface area contributed by atoms with Crippen LogP contribution >= 0.6 is 0 Å². The molecule has 1 unspecified atom stereocenters. The van der Waals surface area contributed by atoms with Crippen molar-refractivity contribution in [2.24, 2.45) is 0 Å². The minimum absolute atomic E-state index is 0.0436. The second-order valence-electron chi connectivity index (χ2n) is 6.72. The number of aliphatic hydroxyl groups is 1. The van der Waals surface area contributed by atoms with Gasteiger partial charge in [-0.1, -0.05) is 0 Å². The van der Waals surface area contributed by atoms with Crippen LogP contribution in [-0.2, 0) is 4.74 Å². The quantitative estimate of drug-likeness (QED) is 0.919. The summed E-state index contributed by atoms with van der Waals surface area (Å²) in [7, 11) is 0. The molecule has 128 valence electrons. The number of amides is 1. The first-order valence-corrected chi connectivity index (χ1v) is 7.90. The van der Waals surface area contributed by atoms with Crippen molar-refractivity contribution in [1.82, 2.24) is 14.9 Å². The minimum atomic E-state index is -0.658. The molecule has 0 aromatic carbocycles. The largest absolute Gasteiger partial charge is 0.460 e. The molecular formula is C16H25N3O4. The van der Waals surface area contributed by atoms with E-state index in [2.05, 4.69) is 9.97 Å². The van der Waals surface area contributed by atoms with Crippen LogP contribution in [0.2, 0.25) is 0 Å². The zero-order chi connectivity index (χ0) is 17.0. The normalized spacial score (nSPS) is 17.7. The highest BCUT2D eigenvalue weighted by Crippen LogP contribution is 2.19. The lowest BCUT2D eigenvalue weighted by Crippen LogP contribution is -2.44. The van der Waals surface area contributed by atoms with E-state index in [9.17, 15) is 9.90 Å². The Morgan fingerprint density at radius 3 is 2.61 bits per heavy atom. The van der Waals surface area contributed by atoms with Crippen LogP contribution in [0.25, 0.3) is 0 Å². The standard InChI is InChI=1S/C16H25N3O4/c1-11(20)13-5-8-17-14(18-13)22-12-6-9-19(10-7-12)15(21)23-16(2,3)4/h5,8,11-12,20H,6-7,9-10H2,1-4H3. The van der Waals surface area contributed by atoms with Crippen LogP contribution in [-0.4, -0.2) is 50.9 Å². The molecule has 1 aromatic rings. The van der Waals surface area contributed by atoms with Gasteiger partial charge in [0.1, 0.15) is 11.7 Å². The van der Waals surface area contributed by atoms with E-state index in [-0.39, 0.29) is 18.2 Å². The summed E-state index contributed by atoms with van der Waals surface area (Å²) in [6.45, 7) is 8.37. The van der Waals surface area contributed by atoms with Crippen molar-refractivity contribution in [2.45, 2.75) is 58.3 Å². The van der Waals surface area contributed by atoms with Crippen molar-refractivity contribution in [1.29, 1.82) is 0 Å². The van der Waals surface area contributed by atoms with Crippen molar-refractivity contribution in [3.05, 3.63) is 18.0 Å². The first-order valence-electron chi connectivity index (χ1n) is 7.90. The molecule has 0 radical (unpaired) electrons. The summed E-state index contributed by atoms with van der Waals surface area (Å²) in [6.07, 6.45) is 1.97. The molecule has 1 aromatic heterocycles. The first kappa shape index (κ1) is 17.5. The SMILES string of the molecule is CC(O)c1ccnc(OC2CCN(C(=O)OC(C)(C)C)CC2)n1. The molecule has 1 N–H and O–H groups in total. The minimum Gasteiger partial charge on any atom is -0.460 e. The van der Waals surface area contributed by atoms with Crippen molar-refractivity contribution in [2.75, 3.05) is 13.1 Å². The highest BCUT2D eigenvalue weighted by Gasteiger charge is 2.28. The summed E-state index contributed by atoms with van der Waals surface area (Å²) in [5.74, 6) is 0. The van der Waals surface area contributed by atoms with E-state index in [1.54, 1.807) is 24.1 Å². The Kier molecular flexibility index (Phi) is 5.41. The van der Waals surface area contributed by atoms with Gasteiger partial charge in [0.2, 0.25) is 0 Å². The molecule has 1 fully saturated rings. The Labute approximate surface area is 136 Å². The van der Waals surface area contributed by atoms with Gasteiger partial charge in [-0.2, -0.15) is 4.98 Å². The predicted molar refractivity (Wildman–Crippen MR) is 84.1 cm³/mol. The maximum Gasteiger partial charge on any atom is 0.410 e. The number of hydrogen-bond acceptors (Lipinski definition) is 6. The van der Waals surface area contributed by atoms with Crippen molar-refractivity contribution in [3.8, 4) is 6.01 Å². The lowest BCUT2D eigenvalue weighted by molar-refractivity contribution is 0.0118. The molecule has 7 nitrogen and oxygen atoms in total. The van der Waals surface area contributed by atoms with Gasteiger partial charge in [0.25, 0.3) is 0 Å². The zero-order valence-electron chi connectivity index (χ0n) is 14.2. The average molecular weight is 323 g/mol. The summed E-state index contributed by atoms with van der Waals surface area (Å²) in [5, 5.41) is 9.54. The zero-order valence-corrected chi connectivity index (χ0v) is 14.2. The highest BCUT2D eigenvalue weighted by atomic mass is 16.6. The molecule has 1 atom stereocenters. The van der Waals surface area contributed by atoms with Gasteiger partial charge in [0, 0.05) is 32.1 Å². The molecule has 0 bridgehead atoms. The molecular weight excluding hydrogens is 298 g/mol. The predicted octanol–water partition coefficient (Wildman–Crippen LogP) is 2.31. The molecule has 1 saturated heterocycles. The molecule has 2 rings (SSSR count). The lowest BCUT2D eigenvalue weighted by Gasteiger charge is -2.33. The third kappa shape index (κ3) is 5.35. The Morgan fingerprint density at radius 2 is 2.04 bits per heavy atom. The van der Waals surface area contributed by atoms with Crippen LogP contribution in [0.4, 0.5) is 4.79 Å². The highest BCUT2D eigenvalue weighted by molar-refractivity contribution is 5.68. The molecule has 7 heteroatoms. The second kappa shape index (κ2) is 7.12. The number of aliphatic hydroxyl groups excluding tert-OH is 1. The topological polar surface area (TPSA) is 84.8 Å². The van der Waals surface area contributed by atoms with Crippen LogP contribution in [0.5, 0.6) is 6.01 Å². The number of nitrogens with zero attached hydrogens (tertiary/aromatic N) is 3. The van der Waals surface area contributed by atoms with E-state index in [0.29, 0.717) is 31.6 Å². The number of carbonyl (C=O) groups is 1. The van der Waals surface area contributed by atoms with Crippen molar-refractivity contribution < 1.29 is 19.4 Å². The molecule has 0 spiro atoms. The summed E-state index contributed by atoms with van der Waals surface area (Å²) in [6, 6.07) is 1.92. The number of likely N-dealkylation sites (tertiary alicyclic amines) is 1. The third-order valence-corrected chi connectivity index (χ3v) is 3.45. The number of hydrogen-bond donors (Lipinski definition) is 1. The van der Waals surface area contributed by atoms with Crippen LogP contribution in [0.1, 0.15) is 52.3 Å². The fraction of sp³-hybridized carbons (Fsp3) is 0.688. The lowest BCUT2D eigenvalue weighted by atomic mass is 10.1. The van der Waals surface area contributed by atoms with E-state index < -0.39 is 11.7 Å². The van der Waals surface area contributed by atoms with Crippen LogP contribution in [0.3, 0.4) is 0 Å². The van der Waals surface area contributed by atoms with Gasteiger partial charge >= 0.3 is 12.1 Å². The van der Waals surface area contributed by atoms with Gasteiger partial charge in [-0.15, -0.1) is 0 Å². The fourth-order valence-electron chi connectivity index (χ4n) is 2.28. The number of carbonyl (C=O) groups excluding carboxylic acids is 1. The van der Waals surface area contributed by atoms with Gasteiger partial charge in [0.15, 0.2) is 0 Å². The second-order valence-corrected chi connectivity index (χ2v) is 6.72. The van der Waals surface area contributed by atoms with Crippen molar-refractivity contribution in [3.63, 3.8) is 0 Å². The monoisotopic (exact) mass is 323 g/mol. The molecule has 23 heavy (non-hydrogen) atoms. The Balaban J connectivity index is 1.85. The Morgan fingerprint density at radius 1 is 1.39 bits per heavy atom. The summed E-state index contributed by atoms with van der Waals surface area (Å²) < 4.78 is 11.1. The number of aromatic nitrogens is 2. The van der Waals surface area contributed by atoms with Crippen LogP contribution < -0.4 is 4.74 Å². The van der Waals surface area contributed by atoms with E-state index in [0.717, 1.165) is 0 Å². The molecule has 2 heterocycles. The van der Waals surface area contributed by atoms with E-state index in [1.165, 1.54) is 0 Å². The smallest absolute Gasteiger partial charge is 0.410 e. The molecule has 1 aliphatic heterocycles. The number of rotatable bonds is 3. The van der Waals surface area contributed by atoms with Crippen LogP contribution in [0, 0.1) is 0 Å². The van der Waals surface area contributed by atoms with Gasteiger partial charge in [0.05, 0.1) is 11.8 Å². The van der Waals surface area contributed by atoms with Crippen molar-refractivity contribution >= 4 is 6.09 Å². The van der Waals surface area contributed by atoms with Gasteiger partial charge in [-0.25, -0.2) is 9.78 Å². The first-order chi connectivity index (χ1) is 10.7. The summed E-state index contributed by atoms with van der Waals surface area (Å²) in [4.78, 5) is 22.0. The third-order valence-electron chi connectivity index (χ3n) is 3.45. The van der Waals surface area contributed by atoms with Gasteiger partial charge in [-0.05, 0) is 33.8 Å². The molecule has 1 amide bonds. The molecule has 0 saturated carbocycles. The average Bonchev–Trinajstić information content (AvgIpc) is 2.46. The van der Waals surface area contributed by atoms with E-state index in [4.69, 9.17) is 9.47 Å². The summed E-state index contributed by atoms with van der Waals surface area (Å²) in [5.41, 5.74) is 0.0425. The van der Waals surface area contributed by atoms with E-state index in [1.807, 2.05) is 20.8 Å². The van der Waals surface area contributed by atoms with Crippen LogP contribution in [0.15, 0.2) is 12.3 Å². The van der Waals surface area contributed by atoms with Gasteiger partial charge < -0.3 is 19.5 Å². The maximum absolute atomic E-state index is 12.0. The van der Waals surface area contributed by atoms with Gasteiger partial charge in [-0.3, -0.25) is 0 Å². The Hall–Kier alpha value is -1.89. The number of ether oxygens (including phenoxy) is 2. The fourth-order valence-corrected chi connectivity index (χ4v) is 2.28. The molecule has 1 aliphatic rings. The number of piperidine rings is 1. The Bertz CT molecular complexity index is 534. The maximum atomic E-state index is 12.0. The summed E-state index contributed by atoms with van der Waals surface area (Å²) >= 11 is 0. The van der Waals surface area contributed by atoms with E-state index >= 15 is 0 Å².